The molecule has 1 aliphatic rings. The summed E-state index contributed by atoms with van der Waals surface area (Å²) >= 11 is 8.03. The van der Waals surface area contributed by atoms with E-state index in [1.165, 1.54) is 13.2 Å². The summed E-state index contributed by atoms with van der Waals surface area (Å²) in [6.07, 6.45) is -0.832. The van der Waals surface area contributed by atoms with Crippen LogP contribution in [0.1, 0.15) is 16.8 Å². The van der Waals surface area contributed by atoms with Gasteiger partial charge < -0.3 is 19.8 Å². The van der Waals surface area contributed by atoms with Gasteiger partial charge in [0.25, 0.3) is 5.91 Å². The Hall–Kier alpha value is -1.06. The van der Waals surface area contributed by atoms with Crippen molar-refractivity contribution in [2.75, 3.05) is 13.7 Å². The normalized spacial score (nSPS) is 21.4. The summed E-state index contributed by atoms with van der Waals surface area (Å²) in [5, 5.41) is 19.2. The molecule has 0 saturated carbocycles. The summed E-state index contributed by atoms with van der Waals surface area (Å²) in [7, 11) is 1.42. The van der Waals surface area contributed by atoms with Crippen LogP contribution in [-0.4, -0.2) is 52.8 Å². The van der Waals surface area contributed by atoms with Crippen molar-refractivity contribution in [3.63, 3.8) is 0 Å². The van der Waals surface area contributed by atoms with Crippen LogP contribution >= 0.6 is 34.2 Å². The second kappa shape index (κ2) is 6.37. The van der Waals surface area contributed by atoms with Crippen molar-refractivity contribution < 1.29 is 24.5 Å². The number of aliphatic hydroxyl groups excluding tert-OH is 1. The van der Waals surface area contributed by atoms with Crippen molar-refractivity contribution in [2.24, 2.45) is 0 Å². The Morgan fingerprint density at radius 2 is 2.14 bits per heavy atom. The van der Waals surface area contributed by atoms with Gasteiger partial charge in [-0.1, -0.05) is 11.6 Å². The van der Waals surface area contributed by atoms with E-state index in [1.807, 2.05) is 22.6 Å². The fourth-order valence-corrected chi connectivity index (χ4v) is 2.89. The maximum Gasteiger partial charge on any atom is 0.326 e. The minimum absolute atomic E-state index is 0.0154. The third kappa shape index (κ3) is 3.24. The fraction of sp³-hybridized carbons (Fsp3) is 0.385. The summed E-state index contributed by atoms with van der Waals surface area (Å²) in [4.78, 5) is 24.9. The largest absolute Gasteiger partial charge is 0.496 e. The smallest absolute Gasteiger partial charge is 0.326 e. The molecule has 2 N–H and O–H groups in total. The van der Waals surface area contributed by atoms with Gasteiger partial charge in [0.05, 0.1) is 23.8 Å². The lowest BCUT2D eigenvalue weighted by Gasteiger charge is -2.22. The van der Waals surface area contributed by atoms with E-state index in [1.54, 1.807) is 6.07 Å². The lowest BCUT2D eigenvalue weighted by atomic mass is 10.1. The van der Waals surface area contributed by atoms with E-state index in [9.17, 15) is 14.7 Å². The molecular formula is C13H13ClINO5. The van der Waals surface area contributed by atoms with Crippen molar-refractivity contribution >= 4 is 46.1 Å². The van der Waals surface area contributed by atoms with Crippen LogP contribution in [0.2, 0.25) is 5.02 Å². The molecule has 1 fully saturated rings. The highest BCUT2D eigenvalue weighted by molar-refractivity contribution is 14.1. The van der Waals surface area contributed by atoms with Crippen LogP contribution in [0.5, 0.6) is 5.75 Å². The highest BCUT2D eigenvalue weighted by atomic mass is 127. The number of hydrogen-bond donors (Lipinski definition) is 2. The van der Waals surface area contributed by atoms with Gasteiger partial charge in [-0.2, -0.15) is 0 Å². The molecule has 0 aliphatic carbocycles. The molecule has 1 saturated heterocycles. The minimum Gasteiger partial charge on any atom is -0.496 e. The summed E-state index contributed by atoms with van der Waals surface area (Å²) in [5.74, 6) is -1.34. The molecule has 1 heterocycles. The van der Waals surface area contributed by atoms with E-state index < -0.39 is 24.0 Å². The molecule has 1 amide bonds. The number of ether oxygens (including phenoxy) is 1. The molecule has 0 aromatic heterocycles. The van der Waals surface area contributed by atoms with Crippen LogP contribution in [-0.2, 0) is 4.79 Å². The first-order chi connectivity index (χ1) is 9.85. The first kappa shape index (κ1) is 16.3. The summed E-state index contributed by atoms with van der Waals surface area (Å²) in [5.41, 5.74) is 0.184. The summed E-state index contributed by atoms with van der Waals surface area (Å²) < 4.78 is 5.88. The molecule has 6 nitrogen and oxygen atoms in total. The van der Waals surface area contributed by atoms with Gasteiger partial charge in [0, 0.05) is 16.5 Å². The van der Waals surface area contributed by atoms with Crippen molar-refractivity contribution in [1.29, 1.82) is 0 Å². The molecule has 0 bridgehead atoms. The highest BCUT2D eigenvalue weighted by Crippen LogP contribution is 2.31. The number of benzene rings is 1. The van der Waals surface area contributed by atoms with Gasteiger partial charge >= 0.3 is 5.97 Å². The number of hydrogen-bond acceptors (Lipinski definition) is 4. The SMILES string of the molecule is COc1cc(I)c(Cl)cc1C(=O)N1C[C@@H](O)C[C@H]1C(=O)O. The molecule has 8 heteroatoms. The zero-order valence-corrected chi connectivity index (χ0v) is 14.0. The van der Waals surface area contributed by atoms with Crippen molar-refractivity contribution in [1.82, 2.24) is 4.90 Å². The summed E-state index contributed by atoms with van der Waals surface area (Å²) in [6, 6.07) is 2.02. The molecule has 114 valence electrons. The van der Waals surface area contributed by atoms with Gasteiger partial charge in [-0.3, -0.25) is 4.79 Å². The van der Waals surface area contributed by atoms with Gasteiger partial charge in [0.2, 0.25) is 0 Å². The highest BCUT2D eigenvalue weighted by Gasteiger charge is 2.40. The van der Waals surface area contributed by atoms with Crippen LogP contribution in [0.25, 0.3) is 0 Å². The van der Waals surface area contributed by atoms with Crippen molar-refractivity contribution in [3.8, 4) is 5.75 Å². The average molecular weight is 426 g/mol. The Balaban J connectivity index is 2.40. The third-order valence-electron chi connectivity index (χ3n) is 3.30. The number of carboxylic acids is 1. The molecule has 2 atom stereocenters. The number of likely N-dealkylation sites (tertiary alicyclic amines) is 1. The van der Waals surface area contributed by atoms with E-state index in [2.05, 4.69) is 0 Å². The number of rotatable bonds is 3. The van der Waals surface area contributed by atoms with Crippen LogP contribution in [0.3, 0.4) is 0 Å². The van der Waals surface area contributed by atoms with Gasteiger partial charge in [0.15, 0.2) is 0 Å². The maximum atomic E-state index is 12.6. The molecule has 0 unspecified atom stereocenters. The minimum atomic E-state index is -1.14. The predicted octanol–water partition coefficient (Wildman–Crippen LogP) is 1.61. The lowest BCUT2D eigenvalue weighted by Crippen LogP contribution is -2.40. The lowest BCUT2D eigenvalue weighted by molar-refractivity contribution is -0.141. The molecule has 2 rings (SSSR count). The standard InChI is InChI=1S/C13H13ClINO5/c1-21-11-4-9(15)8(14)3-7(11)12(18)16-5-6(17)2-10(16)13(19)20/h3-4,6,10,17H,2,5H2,1H3,(H,19,20)/t6-,10-/m0/s1. The second-order valence-electron chi connectivity index (χ2n) is 4.67. The summed E-state index contributed by atoms with van der Waals surface area (Å²) in [6.45, 7) is -0.0252. The van der Waals surface area contributed by atoms with Crippen molar-refractivity contribution in [3.05, 3.63) is 26.3 Å². The molecule has 1 aromatic rings. The van der Waals surface area contributed by atoms with Crippen molar-refractivity contribution in [2.45, 2.75) is 18.6 Å². The number of carbonyl (C=O) groups is 2. The predicted molar refractivity (Wildman–Crippen MR) is 83.8 cm³/mol. The van der Waals surface area contributed by atoms with Gasteiger partial charge in [-0.05, 0) is 34.7 Å². The van der Waals surface area contributed by atoms with E-state index in [-0.39, 0.29) is 18.5 Å². The number of carbonyl (C=O) groups excluding carboxylic acids is 1. The third-order valence-corrected chi connectivity index (χ3v) is 4.82. The topological polar surface area (TPSA) is 87.1 Å². The molecule has 1 aromatic carbocycles. The molecule has 1 aliphatic heterocycles. The number of β-amino-alcohol motifs (C(OH)–C–C–N with tert-alkyl or cyclic N) is 1. The molecule has 0 radical (unpaired) electrons. The number of aliphatic hydroxyl groups is 1. The Labute approximate surface area is 139 Å². The van der Waals surface area contributed by atoms with E-state index >= 15 is 0 Å². The fourth-order valence-electron chi connectivity index (χ4n) is 2.29. The molecule has 21 heavy (non-hydrogen) atoms. The number of aliphatic carboxylic acids is 1. The zero-order chi connectivity index (χ0) is 15.7. The zero-order valence-electron chi connectivity index (χ0n) is 11.0. The number of halogens is 2. The Kier molecular flexibility index (Phi) is 4.95. The average Bonchev–Trinajstić information content (AvgIpc) is 2.82. The van der Waals surface area contributed by atoms with E-state index in [4.69, 9.17) is 21.4 Å². The van der Waals surface area contributed by atoms with Crippen LogP contribution < -0.4 is 4.74 Å². The second-order valence-corrected chi connectivity index (χ2v) is 6.24. The van der Waals surface area contributed by atoms with Crippen LogP contribution in [0.15, 0.2) is 12.1 Å². The number of carboxylic acid groups (broad SMARTS) is 1. The van der Waals surface area contributed by atoms with E-state index in [0.717, 1.165) is 8.47 Å². The van der Waals surface area contributed by atoms with Crippen LogP contribution in [0, 0.1) is 3.57 Å². The molecular weight excluding hydrogens is 413 g/mol. The monoisotopic (exact) mass is 425 g/mol. The number of amides is 1. The molecule has 0 spiro atoms. The Morgan fingerprint density at radius 1 is 1.48 bits per heavy atom. The Morgan fingerprint density at radius 3 is 2.71 bits per heavy atom. The van der Waals surface area contributed by atoms with Gasteiger partial charge in [-0.15, -0.1) is 0 Å². The van der Waals surface area contributed by atoms with Gasteiger partial charge in [-0.25, -0.2) is 4.79 Å². The first-order valence-corrected chi connectivity index (χ1v) is 7.55. The van der Waals surface area contributed by atoms with Crippen LogP contribution in [0.4, 0.5) is 0 Å². The van der Waals surface area contributed by atoms with Gasteiger partial charge in [0.1, 0.15) is 11.8 Å². The Bertz CT molecular complexity index is 594. The maximum absolute atomic E-state index is 12.6. The number of nitrogens with zero attached hydrogens (tertiary/aromatic N) is 1. The van der Waals surface area contributed by atoms with E-state index in [0.29, 0.717) is 10.8 Å². The first-order valence-electron chi connectivity index (χ1n) is 6.10. The quantitative estimate of drug-likeness (QED) is 0.719. The number of methoxy groups -OCH3 is 1.